The maximum Gasteiger partial charge on any atom is 0.166 e. The second-order valence-electron chi connectivity index (χ2n) is 3.68. The SMILES string of the molecule is CC(CNc1ncc(Cl)cc1F)N(C)C. The van der Waals surface area contributed by atoms with Crippen LogP contribution in [0.15, 0.2) is 12.3 Å². The zero-order chi connectivity index (χ0) is 11.4. The van der Waals surface area contributed by atoms with Gasteiger partial charge in [0.25, 0.3) is 0 Å². The smallest absolute Gasteiger partial charge is 0.166 e. The van der Waals surface area contributed by atoms with Gasteiger partial charge in [-0.25, -0.2) is 9.37 Å². The summed E-state index contributed by atoms with van der Waals surface area (Å²) < 4.78 is 13.3. The third-order valence-electron chi connectivity index (χ3n) is 2.25. The largest absolute Gasteiger partial charge is 0.366 e. The molecule has 0 aliphatic heterocycles. The first-order valence-electron chi connectivity index (χ1n) is 4.72. The first-order valence-corrected chi connectivity index (χ1v) is 5.10. The van der Waals surface area contributed by atoms with Gasteiger partial charge in [0.1, 0.15) is 0 Å². The van der Waals surface area contributed by atoms with Crippen LogP contribution in [0.25, 0.3) is 0 Å². The lowest BCUT2D eigenvalue weighted by Gasteiger charge is -2.20. The fourth-order valence-corrected chi connectivity index (χ4v) is 1.12. The summed E-state index contributed by atoms with van der Waals surface area (Å²) in [5.41, 5.74) is 0. The van der Waals surface area contributed by atoms with E-state index in [1.54, 1.807) is 0 Å². The van der Waals surface area contributed by atoms with Crippen LogP contribution in [0.3, 0.4) is 0 Å². The molecule has 5 heteroatoms. The van der Waals surface area contributed by atoms with Gasteiger partial charge in [0.15, 0.2) is 11.6 Å². The molecule has 0 radical (unpaired) electrons. The summed E-state index contributed by atoms with van der Waals surface area (Å²) in [7, 11) is 3.94. The highest BCUT2D eigenvalue weighted by Gasteiger charge is 2.07. The number of anilines is 1. The molecule has 1 rings (SSSR count). The van der Waals surface area contributed by atoms with Crippen molar-refractivity contribution in [2.75, 3.05) is 26.0 Å². The molecule has 1 atom stereocenters. The number of nitrogens with zero attached hydrogens (tertiary/aromatic N) is 2. The Morgan fingerprint density at radius 1 is 1.60 bits per heavy atom. The Kier molecular flexibility index (Phi) is 4.29. The van der Waals surface area contributed by atoms with Crippen molar-refractivity contribution >= 4 is 17.4 Å². The fourth-order valence-electron chi connectivity index (χ4n) is 0.972. The minimum Gasteiger partial charge on any atom is -0.366 e. The van der Waals surface area contributed by atoms with Gasteiger partial charge < -0.3 is 10.2 Å². The van der Waals surface area contributed by atoms with Gasteiger partial charge >= 0.3 is 0 Å². The number of aromatic nitrogens is 1. The van der Waals surface area contributed by atoms with Gasteiger partial charge in [0.2, 0.25) is 0 Å². The third kappa shape index (κ3) is 3.64. The lowest BCUT2D eigenvalue weighted by atomic mass is 10.3. The van der Waals surface area contributed by atoms with Crippen LogP contribution in [0.5, 0.6) is 0 Å². The highest BCUT2D eigenvalue weighted by Crippen LogP contribution is 2.15. The summed E-state index contributed by atoms with van der Waals surface area (Å²) in [6, 6.07) is 1.55. The molecule has 0 spiro atoms. The molecule has 0 bridgehead atoms. The zero-order valence-electron chi connectivity index (χ0n) is 9.09. The Bertz CT molecular complexity index is 330. The first-order chi connectivity index (χ1) is 7.00. The molecule has 0 aromatic carbocycles. The van der Waals surface area contributed by atoms with Gasteiger partial charge in [0, 0.05) is 18.8 Å². The molecule has 0 saturated heterocycles. The summed E-state index contributed by atoms with van der Waals surface area (Å²) in [6.07, 6.45) is 1.42. The molecule has 84 valence electrons. The monoisotopic (exact) mass is 231 g/mol. The van der Waals surface area contributed by atoms with Crippen LogP contribution in [-0.2, 0) is 0 Å². The first kappa shape index (κ1) is 12.2. The zero-order valence-corrected chi connectivity index (χ0v) is 9.85. The number of halogens is 2. The molecule has 1 aromatic heterocycles. The Hall–Kier alpha value is -0.870. The molecule has 3 nitrogen and oxygen atoms in total. The predicted molar refractivity (Wildman–Crippen MR) is 60.8 cm³/mol. The highest BCUT2D eigenvalue weighted by atomic mass is 35.5. The highest BCUT2D eigenvalue weighted by molar-refractivity contribution is 6.30. The summed E-state index contributed by atoms with van der Waals surface area (Å²) in [6.45, 7) is 2.68. The Morgan fingerprint density at radius 2 is 2.27 bits per heavy atom. The van der Waals surface area contributed by atoms with Crippen LogP contribution in [0.1, 0.15) is 6.92 Å². The van der Waals surface area contributed by atoms with Crippen molar-refractivity contribution in [2.24, 2.45) is 0 Å². The Morgan fingerprint density at radius 3 is 2.80 bits per heavy atom. The van der Waals surface area contributed by atoms with Crippen molar-refractivity contribution in [2.45, 2.75) is 13.0 Å². The average Bonchev–Trinajstić information content (AvgIpc) is 2.15. The van der Waals surface area contributed by atoms with E-state index in [1.807, 2.05) is 25.9 Å². The van der Waals surface area contributed by atoms with E-state index in [1.165, 1.54) is 12.3 Å². The molecule has 0 aliphatic rings. The van der Waals surface area contributed by atoms with E-state index in [4.69, 9.17) is 11.6 Å². The minimum atomic E-state index is -0.423. The molecular formula is C10H15ClFN3. The predicted octanol–water partition coefficient (Wildman–Crippen LogP) is 2.24. The third-order valence-corrected chi connectivity index (χ3v) is 2.46. The average molecular weight is 232 g/mol. The Labute approximate surface area is 94.3 Å². The maximum atomic E-state index is 13.3. The number of likely N-dealkylation sites (N-methyl/N-ethyl adjacent to an activating group) is 1. The lowest BCUT2D eigenvalue weighted by molar-refractivity contribution is 0.325. The second-order valence-corrected chi connectivity index (χ2v) is 4.11. The second kappa shape index (κ2) is 5.28. The summed E-state index contributed by atoms with van der Waals surface area (Å²) >= 11 is 5.59. The van der Waals surface area contributed by atoms with E-state index in [0.717, 1.165) is 0 Å². The Balaban J connectivity index is 2.58. The quantitative estimate of drug-likeness (QED) is 0.862. The van der Waals surface area contributed by atoms with Crippen molar-refractivity contribution in [3.05, 3.63) is 23.1 Å². The van der Waals surface area contributed by atoms with Crippen molar-refractivity contribution in [1.82, 2.24) is 9.88 Å². The lowest BCUT2D eigenvalue weighted by Crippen LogP contribution is -2.31. The molecule has 1 unspecified atom stereocenters. The molecular weight excluding hydrogens is 217 g/mol. The van der Waals surface area contributed by atoms with Crippen molar-refractivity contribution in [3.8, 4) is 0 Å². The molecule has 0 aliphatic carbocycles. The normalized spacial score (nSPS) is 12.9. The van der Waals surface area contributed by atoms with Crippen LogP contribution in [0.4, 0.5) is 10.2 Å². The van der Waals surface area contributed by atoms with Crippen molar-refractivity contribution in [3.63, 3.8) is 0 Å². The number of rotatable bonds is 4. The van der Waals surface area contributed by atoms with E-state index in [0.29, 0.717) is 17.6 Å². The minimum absolute atomic E-state index is 0.244. The molecule has 15 heavy (non-hydrogen) atoms. The van der Waals surface area contributed by atoms with E-state index >= 15 is 0 Å². The molecule has 0 fully saturated rings. The summed E-state index contributed by atoms with van der Waals surface area (Å²) in [4.78, 5) is 5.92. The van der Waals surface area contributed by atoms with Crippen LogP contribution in [0, 0.1) is 5.82 Å². The van der Waals surface area contributed by atoms with Gasteiger partial charge in [-0.1, -0.05) is 11.6 Å². The van der Waals surface area contributed by atoms with E-state index in [2.05, 4.69) is 10.3 Å². The number of hydrogen-bond donors (Lipinski definition) is 1. The van der Waals surface area contributed by atoms with Crippen LogP contribution in [0.2, 0.25) is 5.02 Å². The molecule has 1 N–H and O–H groups in total. The number of pyridine rings is 1. The van der Waals surface area contributed by atoms with Gasteiger partial charge in [0.05, 0.1) is 5.02 Å². The van der Waals surface area contributed by atoms with Crippen LogP contribution < -0.4 is 5.32 Å². The van der Waals surface area contributed by atoms with E-state index in [9.17, 15) is 4.39 Å². The van der Waals surface area contributed by atoms with Crippen LogP contribution >= 0.6 is 11.6 Å². The van der Waals surface area contributed by atoms with Gasteiger partial charge in [-0.3, -0.25) is 0 Å². The van der Waals surface area contributed by atoms with E-state index < -0.39 is 5.82 Å². The van der Waals surface area contributed by atoms with Crippen molar-refractivity contribution in [1.29, 1.82) is 0 Å². The maximum absolute atomic E-state index is 13.3. The summed E-state index contributed by atoms with van der Waals surface area (Å²) in [5, 5.41) is 3.24. The molecule has 0 saturated carbocycles. The molecule has 1 aromatic rings. The van der Waals surface area contributed by atoms with Gasteiger partial charge in [-0.05, 0) is 27.1 Å². The van der Waals surface area contributed by atoms with Gasteiger partial charge in [-0.2, -0.15) is 0 Å². The van der Waals surface area contributed by atoms with Crippen molar-refractivity contribution < 1.29 is 4.39 Å². The standard InChI is InChI=1S/C10H15ClFN3/c1-7(15(2)3)5-13-10-9(12)4-8(11)6-14-10/h4,6-7H,5H2,1-3H3,(H,13,14). The van der Waals surface area contributed by atoms with Gasteiger partial charge in [-0.15, -0.1) is 0 Å². The molecule has 1 heterocycles. The fraction of sp³-hybridized carbons (Fsp3) is 0.500. The molecule has 0 amide bonds. The topological polar surface area (TPSA) is 28.2 Å². The summed E-state index contributed by atoms with van der Waals surface area (Å²) in [5.74, 6) is -0.179. The van der Waals surface area contributed by atoms with Crippen LogP contribution in [-0.4, -0.2) is 36.6 Å². The number of hydrogen-bond acceptors (Lipinski definition) is 3. The number of nitrogens with one attached hydrogen (secondary N) is 1. The van der Waals surface area contributed by atoms with E-state index in [-0.39, 0.29) is 5.82 Å².